The zero-order valence-electron chi connectivity index (χ0n) is 13.1. The van der Waals surface area contributed by atoms with Crippen LogP contribution in [0.5, 0.6) is 0 Å². The maximum Gasteiger partial charge on any atom is 0.107 e. The van der Waals surface area contributed by atoms with Crippen molar-refractivity contribution < 1.29 is 0 Å². The highest BCUT2D eigenvalue weighted by molar-refractivity contribution is 7.11. The number of likely N-dealkylation sites (N-methyl/N-ethyl adjacent to an activating group) is 1. The fourth-order valence-corrected chi connectivity index (χ4v) is 3.78. The third-order valence-electron chi connectivity index (χ3n) is 3.96. The SMILES string of the molecule is CCNCc1sc(CN2CCN(CC)CC2)nc1CC. The Kier molecular flexibility index (Phi) is 6.42. The highest BCUT2D eigenvalue weighted by atomic mass is 32.1. The molecule has 1 N–H and O–H groups in total. The predicted octanol–water partition coefficient (Wildman–Crippen LogP) is 1.95. The van der Waals surface area contributed by atoms with Crippen molar-refractivity contribution in [2.45, 2.75) is 40.3 Å². The van der Waals surface area contributed by atoms with Gasteiger partial charge in [0.2, 0.25) is 0 Å². The standard InChI is InChI=1S/C15H28N4S/c1-4-13-14(11-16-5-2)20-15(17-13)12-19-9-7-18(6-3)8-10-19/h16H,4-12H2,1-3H3. The summed E-state index contributed by atoms with van der Waals surface area (Å²) in [5, 5.41) is 4.71. The maximum atomic E-state index is 4.84. The summed E-state index contributed by atoms with van der Waals surface area (Å²) in [6.07, 6.45) is 1.04. The van der Waals surface area contributed by atoms with Gasteiger partial charge in [-0.3, -0.25) is 4.90 Å². The third kappa shape index (κ3) is 4.25. The molecule has 2 heterocycles. The van der Waals surface area contributed by atoms with Gasteiger partial charge in [-0.2, -0.15) is 0 Å². The summed E-state index contributed by atoms with van der Waals surface area (Å²) in [7, 11) is 0. The summed E-state index contributed by atoms with van der Waals surface area (Å²) >= 11 is 1.90. The van der Waals surface area contributed by atoms with Crippen molar-refractivity contribution >= 4 is 11.3 Å². The van der Waals surface area contributed by atoms with Gasteiger partial charge in [0.15, 0.2) is 0 Å². The first-order valence-corrected chi connectivity index (χ1v) is 8.71. The van der Waals surface area contributed by atoms with Crippen LogP contribution in [0.3, 0.4) is 0 Å². The van der Waals surface area contributed by atoms with Crippen LogP contribution in [-0.4, -0.2) is 54.1 Å². The molecule has 1 aliphatic heterocycles. The van der Waals surface area contributed by atoms with Gasteiger partial charge < -0.3 is 10.2 Å². The van der Waals surface area contributed by atoms with E-state index in [1.807, 2.05) is 11.3 Å². The fraction of sp³-hybridized carbons (Fsp3) is 0.800. The van der Waals surface area contributed by atoms with Crippen LogP contribution in [0.15, 0.2) is 0 Å². The number of nitrogens with one attached hydrogen (secondary N) is 1. The lowest BCUT2D eigenvalue weighted by Gasteiger charge is -2.33. The van der Waals surface area contributed by atoms with Crippen molar-refractivity contribution in [3.63, 3.8) is 0 Å². The Balaban J connectivity index is 1.91. The molecular weight excluding hydrogens is 268 g/mol. The Morgan fingerprint density at radius 1 is 1.10 bits per heavy atom. The molecule has 1 fully saturated rings. The van der Waals surface area contributed by atoms with E-state index in [0.717, 1.165) is 26.1 Å². The number of hydrogen-bond donors (Lipinski definition) is 1. The first-order valence-electron chi connectivity index (χ1n) is 7.89. The van der Waals surface area contributed by atoms with Gasteiger partial charge in [-0.1, -0.05) is 20.8 Å². The summed E-state index contributed by atoms with van der Waals surface area (Å²) in [4.78, 5) is 11.3. The van der Waals surface area contributed by atoms with Crippen LogP contribution in [0, 0.1) is 0 Å². The Morgan fingerprint density at radius 3 is 2.40 bits per heavy atom. The summed E-state index contributed by atoms with van der Waals surface area (Å²) in [5.74, 6) is 0. The van der Waals surface area contributed by atoms with Gasteiger partial charge >= 0.3 is 0 Å². The number of aryl methyl sites for hydroxylation is 1. The molecule has 0 amide bonds. The molecule has 0 spiro atoms. The molecule has 114 valence electrons. The number of piperazine rings is 1. The predicted molar refractivity (Wildman–Crippen MR) is 86.3 cm³/mol. The zero-order valence-corrected chi connectivity index (χ0v) is 13.9. The Bertz CT molecular complexity index is 397. The Hall–Kier alpha value is -0.490. The first kappa shape index (κ1) is 15.9. The second-order valence-corrected chi connectivity index (χ2v) is 6.49. The topological polar surface area (TPSA) is 31.4 Å². The van der Waals surface area contributed by atoms with E-state index in [1.54, 1.807) is 0 Å². The molecule has 1 aromatic rings. The summed E-state index contributed by atoms with van der Waals surface area (Å²) < 4.78 is 0. The molecule has 2 rings (SSSR count). The monoisotopic (exact) mass is 296 g/mol. The van der Waals surface area contributed by atoms with Crippen LogP contribution in [-0.2, 0) is 19.5 Å². The van der Waals surface area contributed by atoms with Crippen molar-refractivity contribution in [3.05, 3.63) is 15.6 Å². The molecule has 1 aromatic heterocycles. The third-order valence-corrected chi connectivity index (χ3v) is 5.05. The summed E-state index contributed by atoms with van der Waals surface area (Å²) in [6.45, 7) is 15.6. The smallest absolute Gasteiger partial charge is 0.107 e. The quantitative estimate of drug-likeness (QED) is 0.833. The maximum absolute atomic E-state index is 4.84. The summed E-state index contributed by atoms with van der Waals surface area (Å²) in [6, 6.07) is 0. The molecule has 0 saturated carbocycles. The molecule has 0 bridgehead atoms. The van der Waals surface area contributed by atoms with E-state index in [1.165, 1.54) is 48.3 Å². The summed E-state index contributed by atoms with van der Waals surface area (Å²) in [5.41, 5.74) is 1.29. The lowest BCUT2D eigenvalue weighted by molar-refractivity contribution is 0.132. The molecule has 0 aliphatic carbocycles. The average Bonchev–Trinajstić information content (AvgIpc) is 2.87. The van der Waals surface area contributed by atoms with E-state index in [2.05, 4.69) is 35.9 Å². The van der Waals surface area contributed by atoms with Crippen molar-refractivity contribution in [2.75, 3.05) is 39.3 Å². The van der Waals surface area contributed by atoms with Gasteiger partial charge in [0.1, 0.15) is 5.01 Å². The molecule has 4 nitrogen and oxygen atoms in total. The lowest BCUT2D eigenvalue weighted by atomic mass is 10.3. The fourth-order valence-electron chi connectivity index (χ4n) is 2.61. The highest BCUT2D eigenvalue weighted by Crippen LogP contribution is 2.21. The highest BCUT2D eigenvalue weighted by Gasteiger charge is 2.18. The van der Waals surface area contributed by atoms with Crippen LogP contribution in [0.4, 0.5) is 0 Å². The molecule has 20 heavy (non-hydrogen) atoms. The van der Waals surface area contributed by atoms with Crippen LogP contribution < -0.4 is 5.32 Å². The Morgan fingerprint density at radius 2 is 1.80 bits per heavy atom. The van der Waals surface area contributed by atoms with Crippen LogP contribution in [0.25, 0.3) is 0 Å². The molecule has 0 unspecified atom stereocenters. The molecule has 0 aromatic carbocycles. The van der Waals surface area contributed by atoms with Crippen LogP contribution in [0.1, 0.15) is 36.3 Å². The van der Waals surface area contributed by atoms with Crippen molar-refractivity contribution in [3.8, 4) is 0 Å². The number of nitrogens with zero attached hydrogens (tertiary/aromatic N) is 3. The van der Waals surface area contributed by atoms with E-state index in [0.29, 0.717) is 0 Å². The van der Waals surface area contributed by atoms with Crippen LogP contribution >= 0.6 is 11.3 Å². The molecular formula is C15H28N4S. The minimum atomic E-state index is 0.973. The number of rotatable bonds is 7. The number of aromatic nitrogens is 1. The van der Waals surface area contributed by atoms with Crippen molar-refractivity contribution in [1.82, 2.24) is 20.1 Å². The minimum absolute atomic E-state index is 0.973. The first-order chi connectivity index (χ1) is 9.76. The van der Waals surface area contributed by atoms with Crippen molar-refractivity contribution in [2.24, 2.45) is 0 Å². The molecule has 0 radical (unpaired) electrons. The Labute approximate surface area is 127 Å². The number of thiazole rings is 1. The lowest BCUT2D eigenvalue weighted by Crippen LogP contribution is -2.45. The number of hydrogen-bond acceptors (Lipinski definition) is 5. The average molecular weight is 296 g/mol. The van der Waals surface area contributed by atoms with E-state index in [9.17, 15) is 0 Å². The van der Waals surface area contributed by atoms with Gasteiger partial charge in [-0.05, 0) is 19.5 Å². The second kappa shape index (κ2) is 8.08. The second-order valence-electron chi connectivity index (χ2n) is 5.32. The molecule has 5 heteroatoms. The van der Waals surface area contributed by atoms with E-state index in [-0.39, 0.29) is 0 Å². The van der Waals surface area contributed by atoms with E-state index in [4.69, 9.17) is 4.98 Å². The normalized spacial score (nSPS) is 17.8. The molecule has 1 saturated heterocycles. The molecule has 0 atom stereocenters. The van der Waals surface area contributed by atoms with E-state index < -0.39 is 0 Å². The van der Waals surface area contributed by atoms with Crippen molar-refractivity contribution in [1.29, 1.82) is 0 Å². The van der Waals surface area contributed by atoms with Gasteiger partial charge in [-0.15, -0.1) is 11.3 Å². The van der Waals surface area contributed by atoms with Gasteiger partial charge in [0, 0.05) is 37.6 Å². The van der Waals surface area contributed by atoms with E-state index >= 15 is 0 Å². The minimum Gasteiger partial charge on any atom is -0.312 e. The van der Waals surface area contributed by atoms with Crippen LogP contribution in [0.2, 0.25) is 0 Å². The van der Waals surface area contributed by atoms with Gasteiger partial charge in [0.25, 0.3) is 0 Å². The molecule has 1 aliphatic rings. The van der Waals surface area contributed by atoms with Gasteiger partial charge in [-0.25, -0.2) is 4.98 Å². The zero-order chi connectivity index (χ0) is 14.4. The van der Waals surface area contributed by atoms with Gasteiger partial charge in [0.05, 0.1) is 12.2 Å². The largest absolute Gasteiger partial charge is 0.312 e.